The smallest absolute Gasteiger partial charge is 0.274 e. The predicted molar refractivity (Wildman–Crippen MR) is 108 cm³/mol. The van der Waals surface area contributed by atoms with Crippen molar-refractivity contribution >= 4 is 11.6 Å². The summed E-state index contributed by atoms with van der Waals surface area (Å²) < 4.78 is 7.09. The van der Waals surface area contributed by atoms with Crippen LogP contribution in [0.2, 0.25) is 0 Å². The molecule has 0 bridgehead atoms. The van der Waals surface area contributed by atoms with Crippen LogP contribution in [0.25, 0.3) is 22.5 Å². The first-order valence-electron chi connectivity index (χ1n) is 8.86. The van der Waals surface area contributed by atoms with E-state index in [1.165, 1.54) is 6.20 Å². The van der Waals surface area contributed by atoms with Gasteiger partial charge in [-0.25, -0.2) is 4.98 Å². The van der Waals surface area contributed by atoms with Gasteiger partial charge in [-0.05, 0) is 35.9 Å². The van der Waals surface area contributed by atoms with Crippen molar-refractivity contribution in [3.8, 4) is 28.3 Å². The average Bonchev–Trinajstić information content (AvgIpc) is 3.20. The Morgan fingerprint density at radius 3 is 2.66 bits per heavy atom. The second kappa shape index (κ2) is 7.89. The predicted octanol–water partition coefficient (Wildman–Crippen LogP) is 3.20. The monoisotopic (exact) mass is 386 g/mol. The number of hydrogen-bond donors (Lipinski definition) is 1. The largest absolute Gasteiger partial charge is 0.495 e. The summed E-state index contributed by atoms with van der Waals surface area (Å²) in [5.41, 5.74) is 3.26. The number of benzene rings is 1. The van der Waals surface area contributed by atoms with Crippen molar-refractivity contribution in [2.45, 2.75) is 0 Å². The van der Waals surface area contributed by atoms with Gasteiger partial charge in [0.25, 0.3) is 5.91 Å². The zero-order chi connectivity index (χ0) is 20.2. The van der Waals surface area contributed by atoms with Crippen molar-refractivity contribution in [2.75, 3.05) is 12.4 Å². The lowest BCUT2D eigenvalue weighted by molar-refractivity contribution is 0.102. The van der Waals surface area contributed by atoms with Gasteiger partial charge in [0.05, 0.1) is 13.3 Å². The normalized spacial score (nSPS) is 10.6. The highest BCUT2D eigenvalue weighted by atomic mass is 16.5. The summed E-state index contributed by atoms with van der Waals surface area (Å²) in [5.74, 6) is 0.952. The van der Waals surface area contributed by atoms with Gasteiger partial charge >= 0.3 is 0 Å². The third-order valence-electron chi connectivity index (χ3n) is 4.39. The molecule has 1 aromatic carbocycles. The van der Waals surface area contributed by atoms with Gasteiger partial charge in [-0.2, -0.15) is 0 Å². The molecule has 0 aliphatic rings. The van der Waals surface area contributed by atoms with Crippen molar-refractivity contribution in [1.29, 1.82) is 0 Å². The Hall–Kier alpha value is -4.07. The molecule has 8 nitrogen and oxygen atoms in total. The molecule has 29 heavy (non-hydrogen) atoms. The molecule has 3 aromatic heterocycles. The van der Waals surface area contributed by atoms with E-state index in [0.29, 0.717) is 28.5 Å². The van der Waals surface area contributed by atoms with Crippen LogP contribution in [-0.2, 0) is 7.05 Å². The minimum absolute atomic E-state index is 0.293. The SMILES string of the molecule is COc1cnc(C(=O)Nc2cccc(-c3nncn3C)c2)c(-c2ccncc2)c1. The number of aromatic nitrogens is 5. The van der Waals surface area contributed by atoms with E-state index in [4.69, 9.17) is 4.74 Å². The molecule has 0 aliphatic carbocycles. The molecular weight excluding hydrogens is 368 g/mol. The van der Waals surface area contributed by atoms with Crippen molar-refractivity contribution in [3.05, 3.63) is 73.1 Å². The Balaban J connectivity index is 1.67. The fourth-order valence-electron chi connectivity index (χ4n) is 2.96. The second-order valence-corrected chi connectivity index (χ2v) is 6.31. The first-order chi connectivity index (χ1) is 14.2. The van der Waals surface area contributed by atoms with Crippen LogP contribution in [0.3, 0.4) is 0 Å². The van der Waals surface area contributed by atoms with Crippen LogP contribution in [0, 0.1) is 0 Å². The molecule has 0 radical (unpaired) electrons. The molecule has 0 spiro atoms. The van der Waals surface area contributed by atoms with Crippen LogP contribution in [0.15, 0.2) is 67.4 Å². The summed E-state index contributed by atoms with van der Waals surface area (Å²) in [6.07, 6.45) is 6.49. The Morgan fingerprint density at radius 1 is 1.10 bits per heavy atom. The van der Waals surface area contributed by atoms with E-state index in [2.05, 4.69) is 25.5 Å². The van der Waals surface area contributed by atoms with E-state index >= 15 is 0 Å². The molecule has 0 unspecified atom stereocenters. The minimum atomic E-state index is -0.324. The lowest BCUT2D eigenvalue weighted by Gasteiger charge is -2.12. The molecule has 4 rings (SSSR count). The Bertz CT molecular complexity index is 1160. The van der Waals surface area contributed by atoms with Crippen LogP contribution in [-0.4, -0.2) is 37.7 Å². The number of pyridine rings is 2. The first kappa shape index (κ1) is 18.3. The van der Waals surface area contributed by atoms with Crippen LogP contribution in [0.1, 0.15) is 10.5 Å². The van der Waals surface area contributed by atoms with Crippen LogP contribution in [0.5, 0.6) is 5.75 Å². The van der Waals surface area contributed by atoms with E-state index in [0.717, 1.165) is 11.1 Å². The van der Waals surface area contributed by atoms with Gasteiger partial charge in [-0.1, -0.05) is 12.1 Å². The summed E-state index contributed by atoms with van der Waals surface area (Å²) in [5, 5.41) is 10.9. The molecule has 1 N–H and O–H groups in total. The van der Waals surface area contributed by atoms with Gasteiger partial charge in [0.15, 0.2) is 5.82 Å². The van der Waals surface area contributed by atoms with Crippen LogP contribution in [0.4, 0.5) is 5.69 Å². The maximum atomic E-state index is 13.0. The standard InChI is InChI=1S/C21H18N6O2/c1-27-13-24-26-20(27)15-4-3-5-16(10-15)25-21(28)19-18(11-17(29-2)12-23-19)14-6-8-22-9-7-14/h3-13H,1-2H3,(H,25,28). The first-order valence-corrected chi connectivity index (χ1v) is 8.86. The van der Waals surface area contributed by atoms with Crippen molar-refractivity contribution in [2.24, 2.45) is 7.05 Å². The molecule has 0 aliphatic heterocycles. The van der Waals surface area contributed by atoms with E-state index in [-0.39, 0.29) is 5.91 Å². The molecule has 0 saturated carbocycles. The summed E-state index contributed by atoms with van der Waals surface area (Å²) in [7, 11) is 3.42. The third-order valence-corrected chi connectivity index (χ3v) is 4.39. The number of methoxy groups -OCH3 is 1. The molecule has 0 atom stereocenters. The highest BCUT2D eigenvalue weighted by molar-refractivity contribution is 6.07. The molecular formula is C21H18N6O2. The number of aryl methyl sites for hydroxylation is 1. The second-order valence-electron chi connectivity index (χ2n) is 6.31. The fourth-order valence-corrected chi connectivity index (χ4v) is 2.96. The number of hydrogen-bond acceptors (Lipinski definition) is 6. The average molecular weight is 386 g/mol. The van der Waals surface area contributed by atoms with Crippen molar-refractivity contribution in [3.63, 3.8) is 0 Å². The molecule has 0 fully saturated rings. The summed E-state index contributed by atoms with van der Waals surface area (Å²) in [4.78, 5) is 21.4. The van der Waals surface area contributed by atoms with Crippen molar-refractivity contribution in [1.82, 2.24) is 24.7 Å². The molecule has 0 saturated heterocycles. The van der Waals surface area contributed by atoms with E-state index in [9.17, 15) is 4.79 Å². The van der Waals surface area contributed by atoms with Crippen LogP contribution >= 0.6 is 0 Å². The number of carbonyl (C=O) groups is 1. The Morgan fingerprint density at radius 2 is 1.93 bits per heavy atom. The zero-order valence-electron chi connectivity index (χ0n) is 15.9. The van der Waals surface area contributed by atoms with Gasteiger partial charge in [0.1, 0.15) is 17.8 Å². The fraction of sp³-hybridized carbons (Fsp3) is 0.0952. The van der Waals surface area contributed by atoms with E-state index in [1.54, 1.807) is 31.9 Å². The summed E-state index contributed by atoms with van der Waals surface area (Å²) >= 11 is 0. The third kappa shape index (κ3) is 3.81. The zero-order valence-corrected chi connectivity index (χ0v) is 15.9. The molecule has 4 aromatic rings. The minimum Gasteiger partial charge on any atom is -0.495 e. The summed E-state index contributed by atoms with van der Waals surface area (Å²) in [6.45, 7) is 0. The Labute approximate surface area is 167 Å². The molecule has 1 amide bonds. The summed E-state index contributed by atoms with van der Waals surface area (Å²) in [6, 6.07) is 12.8. The maximum absolute atomic E-state index is 13.0. The number of amides is 1. The number of ether oxygens (including phenoxy) is 1. The number of nitrogens with one attached hydrogen (secondary N) is 1. The van der Waals surface area contributed by atoms with Gasteiger partial charge in [-0.3, -0.25) is 9.78 Å². The van der Waals surface area contributed by atoms with E-state index in [1.807, 2.05) is 48.0 Å². The lowest BCUT2D eigenvalue weighted by atomic mass is 10.0. The topological polar surface area (TPSA) is 94.8 Å². The number of anilines is 1. The van der Waals surface area contributed by atoms with Gasteiger partial charge in [-0.15, -0.1) is 10.2 Å². The van der Waals surface area contributed by atoms with Gasteiger partial charge in [0.2, 0.25) is 0 Å². The van der Waals surface area contributed by atoms with Crippen molar-refractivity contribution < 1.29 is 9.53 Å². The van der Waals surface area contributed by atoms with Gasteiger partial charge < -0.3 is 14.6 Å². The molecule has 3 heterocycles. The van der Waals surface area contributed by atoms with Crippen LogP contribution < -0.4 is 10.1 Å². The maximum Gasteiger partial charge on any atom is 0.274 e. The number of carbonyl (C=O) groups excluding carboxylic acids is 1. The highest BCUT2D eigenvalue weighted by Crippen LogP contribution is 2.27. The quantitative estimate of drug-likeness (QED) is 0.566. The molecule has 8 heteroatoms. The molecule has 144 valence electrons. The number of rotatable bonds is 5. The Kier molecular flexibility index (Phi) is 4.98. The van der Waals surface area contributed by atoms with E-state index < -0.39 is 0 Å². The lowest BCUT2D eigenvalue weighted by Crippen LogP contribution is -2.15. The number of nitrogens with zero attached hydrogens (tertiary/aromatic N) is 5. The van der Waals surface area contributed by atoms with Gasteiger partial charge in [0, 0.05) is 36.3 Å². The highest BCUT2D eigenvalue weighted by Gasteiger charge is 2.17.